The van der Waals surface area contributed by atoms with Crippen LogP contribution in [-0.4, -0.2) is 17.3 Å². The lowest BCUT2D eigenvalue weighted by Crippen LogP contribution is -2.36. The minimum absolute atomic E-state index is 0.144. The van der Waals surface area contributed by atoms with E-state index in [9.17, 15) is 5.11 Å². The Morgan fingerprint density at radius 2 is 2.00 bits per heavy atom. The second kappa shape index (κ2) is 4.97. The molecular weight excluding hydrogens is 210 g/mol. The van der Waals surface area contributed by atoms with Crippen molar-refractivity contribution >= 4 is 11.6 Å². The monoisotopic (exact) mass is 227 g/mol. The molecule has 15 heavy (non-hydrogen) atoms. The third-order valence-electron chi connectivity index (χ3n) is 2.21. The van der Waals surface area contributed by atoms with E-state index in [0.717, 1.165) is 10.6 Å². The maximum absolute atomic E-state index is 9.59. The molecule has 0 bridgehead atoms. The maximum Gasteiger partial charge on any atom is 0.0715 e. The maximum atomic E-state index is 9.59. The summed E-state index contributed by atoms with van der Waals surface area (Å²) in [4.78, 5) is 0. The minimum Gasteiger partial charge on any atom is -0.389 e. The van der Waals surface area contributed by atoms with E-state index in [2.05, 4.69) is 5.32 Å². The fourth-order valence-electron chi connectivity index (χ4n) is 1.34. The third kappa shape index (κ3) is 4.20. The molecule has 0 amide bonds. The third-order valence-corrected chi connectivity index (χ3v) is 2.56. The quantitative estimate of drug-likeness (QED) is 0.829. The molecule has 0 radical (unpaired) electrons. The van der Waals surface area contributed by atoms with Crippen LogP contribution in [0.2, 0.25) is 5.02 Å². The van der Waals surface area contributed by atoms with Crippen molar-refractivity contribution in [1.29, 1.82) is 0 Å². The van der Waals surface area contributed by atoms with Crippen LogP contribution in [0.25, 0.3) is 0 Å². The zero-order valence-corrected chi connectivity index (χ0v) is 10.2. The van der Waals surface area contributed by atoms with E-state index < -0.39 is 5.60 Å². The van der Waals surface area contributed by atoms with Crippen LogP contribution in [0.5, 0.6) is 0 Å². The van der Waals surface area contributed by atoms with Crippen LogP contribution in [0, 0.1) is 0 Å². The zero-order valence-electron chi connectivity index (χ0n) is 9.42. The number of hydrogen-bond donors (Lipinski definition) is 2. The Hall–Kier alpha value is -0.570. The Balaban J connectivity index is 2.62. The molecule has 2 nitrogen and oxygen atoms in total. The summed E-state index contributed by atoms with van der Waals surface area (Å²) in [6.45, 7) is 6.13. The van der Waals surface area contributed by atoms with Gasteiger partial charge in [0.05, 0.1) is 5.60 Å². The van der Waals surface area contributed by atoms with Gasteiger partial charge in [-0.15, -0.1) is 0 Å². The molecule has 1 aromatic carbocycles. The molecule has 0 unspecified atom stereocenters. The number of aliphatic hydroxyl groups is 1. The van der Waals surface area contributed by atoms with Crippen molar-refractivity contribution in [1.82, 2.24) is 5.32 Å². The van der Waals surface area contributed by atoms with Gasteiger partial charge < -0.3 is 10.4 Å². The molecule has 0 aliphatic rings. The summed E-state index contributed by atoms with van der Waals surface area (Å²) >= 11 is 6.07. The summed E-state index contributed by atoms with van der Waals surface area (Å²) < 4.78 is 0. The van der Waals surface area contributed by atoms with Crippen molar-refractivity contribution in [3.05, 3.63) is 34.9 Å². The van der Waals surface area contributed by atoms with E-state index in [4.69, 9.17) is 11.6 Å². The van der Waals surface area contributed by atoms with E-state index in [1.807, 2.05) is 31.2 Å². The number of halogens is 1. The predicted octanol–water partition coefficient (Wildman–Crippen LogP) is 2.76. The molecule has 0 spiro atoms. The molecule has 84 valence electrons. The lowest BCUT2D eigenvalue weighted by molar-refractivity contribution is 0.0770. The van der Waals surface area contributed by atoms with Gasteiger partial charge in [0.1, 0.15) is 0 Å². The van der Waals surface area contributed by atoms with Crippen molar-refractivity contribution in [3.63, 3.8) is 0 Å². The van der Waals surface area contributed by atoms with E-state index >= 15 is 0 Å². The van der Waals surface area contributed by atoms with Crippen LogP contribution in [0.3, 0.4) is 0 Å². The Labute approximate surface area is 96.3 Å². The highest BCUT2D eigenvalue weighted by Gasteiger charge is 2.15. The Morgan fingerprint density at radius 3 is 2.53 bits per heavy atom. The van der Waals surface area contributed by atoms with Gasteiger partial charge >= 0.3 is 0 Å². The van der Waals surface area contributed by atoms with Crippen LogP contribution in [0.4, 0.5) is 0 Å². The smallest absolute Gasteiger partial charge is 0.0715 e. The molecule has 0 saturated carbocycles. The molecule has 2 N–H and O–H groups in total. The fourth-order valence-corrected chi connectivity index (χ4v) is 1.64. The highest BCUT2D eigenvalue weighted by atomic mass is 35.5. The van der Waals surface area contributed by atoms with Gasteiger partial charge in [-0.3, -0.25) is 0 Å². The first kappa shape index (κ1) is 12.5. The van der Waals surface area contributed by atoms with Gasteiger partial charge in [-0.25, -0.2) is 0 Å². The number of nitrogens with one attached hydrogen (secondary N) is 1. The van der Waals surface area contributed by atoms with Gasteiger partial charge in [0, 0.05) is 17.6 Å². The summed E-state index contributed by atoms with van der Waals surface area (Å²) in [5, 5.41) is 13.6. The van der Waals surface area contributed by atoms with E-state index in [0.29, 0.717) is 6.54 Å². The normalized spacial score (nSPS) is 13.9. The number of rotatable bonds is 4. The summed E-state index contributed by atoms with van der Waals surface area (Å²) in [5.74, 6) is 0. The fraction of sp³-hybridized carbons (Fsp3) is 0.500. The standard InChI is InChI=1S/C12H18ClNO/c1-9(14-8-12(2,3)15)10-6-4-5-7-11(10)13/h4-7,9,14-15H,8H2,1-3H3/t9-/m0/s1. The van der Waals surface area contributed by atoms with Crippen LogP contribution in [0.1, 0.15) is 32.4 Å². The lowest BCUT2D eigenvalue weighted by atomic mass is 10.1. The molecule has 0 aromatic heterocycles. The SMILES string of the molecule is C[C@H](NCC(C)(C)O)c1ccccc1Cl. The van der Waals surface area contributed by atoms with Crippen LogP contribution < -0.4 is 5.32 Å². The van der Waals surface area contributed by atoms with Gasteiger partial charge in [-0.2, -0.15) is 0 Å². The van der Waals surface area contributed by atoms with Crippen LogP contribution >= 0.6 is 11.6 Å². The molecule has 3 heteroatoms. The minimum atomic E-state index is -0.699. The first-order chi connectivity index (χ1) is 6.90. The van der Waals surface area contributed by atoms with E-state index in [1.165, 1.54) is 0 Å². The highest BCUT2D eigenvalue weighted by Crippen LogP contribution is 2.22. The van der Waals surface area contributed by atoms with Crippen molar-refractivity contribution in [3.8, 4) is 0 Å². The zero-order chi connectivity index (χ0) is 11.5. The van der Waals surface area contributed by atoms with E-state index in [1.54, 1.807) is 13.8 Å². The predicted molar refractivity (Wildman–Crippen MR) is 64.2 cm³/mol. The summed E-state index contributed by atoms with van der Waals surface area (Å²) in [6.07, 6.45) is 0. The molecule has 0 aliphatic carbocycles. The number of hydrogen-bond acceptors (Lipinski definition) is 2. The van der Waals surface area contributed by atoms with Crippen molar-refractivity contribution in [2.24, 2.45) is 0 Å². The van der Waals surface area contributed by atoms with Crippen molar-refractivity contribution < 1.29 is 5.11 Å². The second-order valence-electron chi connectivity index (χ2n) is 4.44. The highest BCUT2D eigenvalue weighted by molar-refractivity contribution is 6.31. The molecule has 0 aliphatic heterocycles. The van der Waals surface area contributed by atoms with E-state index in [-0.39, 0.29) is 6.04 Å². The first-order valence-corrected chi connectivity index (χ1v) is 5.48. The first-order valence-electron chi connectivity index (χ1n) is 5.10. The number of benzene rings is 1. The average molecular weight is 228 g/mol. The van der Waals surface area contributed by atoms with Gasteiger partial charge in [0.2, 0.25) is 0 Å². The summed E-state index contributed by atoms with van der Waals surface area (Å²) in [6, 6.07) is 7.88. The van der Waals surface area contributed by atoms with Crippen LogP contribution in [-0.2, 0) is 0 Å². The molecule has 1 aromatic rings. The molecule has 1 rings (SSSR count). The summed E-state index contributed by atoms with van der Waals surface area (Å²) in [5.41, 5.74) is 0.360. The molecular formula is C12H18ClNO. The lowest BCUT2D eigenvalue weighted by Gasteiger charge is -2.22. The average Bonchev–Trinajstić information content (AvgIpc) is 2.14. The molecule has 1 atom stereocenters. The van der Waals surface area contributed by atoms with Crippen molar-refractivity contribution in [2.75, 3.05) is 6.54 Å². The second-order valence-corrected chi connectivity index (χ2v) is 4.84. The Kier molecular flexibility index (Phi) is 4.14. The Bertz CT molecular complexity index is 320. The topological polar surface area (TPSA) is 32.3 Å². The van der Waals surface area contributed by atoms with Crippen molar-refractivity contribution in [2.45, 2.75) is 32.4 Å². The largest absolute Gasteiger partial charge is 0.389 e. The van der Waals surface area contributed by atoms with Gasteiger partial charge in [-0.05, 0) is 32.4 Å². The summed E-state index contributed by atoms with van der Waals surface area (Å²) in [7, 11) is 0. The van der Waals surface area contributed by atoms with Crippen LogP contribution in [0.15, 0.2) is 24.3 Å². The molecule has 0 fully saturated rings. The van der Waals surface area contributed by atoms with Gasteiger partial charge in [0.25, 0.3) is 0 Å². The Morgan fingerprint density at radius 1 is 1.40 bits per heavy atom. The molecule has 0 heterocycles. The van der Waals surface area contributed by atoms with Gasteiger partial charge in [-0.1, -0.05) is 29.8 Å². The molecule has 0 saturated heterocycles. The van der Waals surface area contributed by atoms with Gasteiger partial charge in [0.15, 0.2) is 0 Å².